The molecule has 120 valence electrons. The number of halogens is 1. The summed E-state index contributed by atoms with van der Waals surface area (Å²) in [7, 11) is 1.59. The van der Waals surface area contributed by atoms with Gasteiger partial charge in [0, 0.05) is 22.6 Å². The zero-order valence-corrected chi connectivity index (χ0v) is 13.6. The van der Waals surface area contributed by atoms with Crippen LogP contribution in [-0.4, -0.2) is 17.1 Å². The average Bonchev–Trinajstić information content (AvgIpc) is 2.60. The first-order valence-electron chi connectivity index (χ1n) is 7.38. The lowest BCUT2D eigenvalue weighted by Crippen LogP contribution is -2.20. The van der Waals surface area contributed by atoms with E-state index in [0.717, 1.165) is 11.1 Å². The predicted octanol–water partition coefficient (Wildman–Crippen LogP) is 3.80. The van der Waals surface area contributed by atoms with Crippen LogP contribution in [0.25, 0.3) is 11.4 Å². The molecule has 6 heteroatoms. The van der Waals surface area contributed by atoms with Crippen LogP contribution in [-0.2, 0) is 6.42 Å². The van der Waals surface area contributed by atoms with Crippen LogP contribution in [0.1, 0.15) is 11.1 Å². The van der Waals surface area contributed by atoms with Crippen molar-refractivity contribution in [3.8, 4) is 28.8 Å². The van der Waals surface area contributed by atoms with Crippen molar-refractivity contribution in [2.24, 2.45) is 0 Å². The van der Waals surface area contributed by atoms with Crippen LogP contribution >= 0.6 is 11.6 Å². The van der Waals surface area contributed by atoms with Crippen LogP contribution in [0.3, 0.4) is 0 Å². The fraction of sp³-hybridized carbons (Fsp3) is 0.111. The molecule has 4 rings (SSSR count). The van der Waals surface area contributed by atoms with Gasteiger partial charge in [0.2, 0.25) is 5.88 Å². The highest BCUT2D eigenvalue weighted by Crippen LogP contribution is 2.35. The van der Waals surface area contributed by atoms with Gasteiger partial charge in [-0.1, -0.05) is 23.7 Å². The molecule has 1 aromatic heterocycles. The van der Waals surface area contributed by atoms with Crippen LogP contribution in [0.4, 0.5) is 0 Å². The van der Waals surface area contributed by atoms with Crippen LogP contribution in [0, 0.1) is 0 Å². The molecule has 24 heavy (non-hydrogen) atoms. The Kier molecular flexibility index (Phi) is 3.50. The predicted molar refractivity (Wildman–Crippen MR) is 91.2 cm³/mol. The number of ether oxygens (including phenoxy) is 2. The van der Waals surface area contributed by atoms with Gasteiger partial charge in [-0.05, 0) is 30.3 Å². The first-order chi connectivity index (χ1) is 11.6. The van der Waals surface area contributed by atoms with E-state index >= 15 is 0 Å². The fourth-order valence-corrected chi connectivity index (χ4v) is 2.90. The van der Waals surface area contributed by atoms with Crippen molar-refractivity contribution in [3.05, 3.63) is 69.0 Å². The van der Waals surface area contributed by atoms with Gasteiger partial charge >= 0.3 is 0 Å². The number of H-pyrrole nitrogens is 1. The van der Waals surface area contributed by atoms with E-state index in [1.54, 1.807) is 31.4 Å². The smallest absolute Gasteiger partial charge is 0.258 e. The molecule has 1 aliphatic rings. The summed E-state index contributed by atoms with van der Waals surface area (Å²) in [6.07, 6.45) is 0.436. The summed E-state index contributed by atoms with van der Waals surface area (Å²) in [4.78, 5) is 19.8. The minimum absolute atomic E-state index is 0.219. The quantitative estimate of drug-likeness (QED) is 0.603. The van der Waals surface area contributed by atoms with E-state index in [4.69, 9.17) is 21.1 Å². The second-order valence-corrected chi connectivity index (χ2v) is 5.90. The summed E-state index contributed by atoms with van der Waals surface area (Å²) in [5.74, 6) is 2.12. The summed E-state index contributed by atoms with van der Waals surface area (Å²) in [5, 5.41) is 0.609. The topological polar surface area (TPSA) is 64.2 Å². The Balaban J connectivity index is 1.80. The van der Waals surface area contributed by atoms with E-state index in [1.165, 1.54) is 0 Å². The molecule has 2 heterocycles. The molecule has 1 N–H and O–H groups in total. The zero-order valence-electron chi connectivity index (χ0n) is 12.8. The Morgan fingerprint density at radius 1 is 1.25 bits per heavy atom. The van der Waals surface area contributed by atoms with Crippen molar-refractivity contribution in [1.82, 2.24) is 9.97 Å². The number of nitrogens with one attached hydrogen (secondary N) is 1. The molecule has 5 nitrogen and oxygen atoms in total. The lowest BCUT2D eigenvalue weighted by molar-refractivity contribution is 0.415. The summed E-state index contributed by atoms with van der Waals surface area (Å²) >= 11 is 6.01. The van der Waals surface area contributed by atoms with Crippen molar-refractivity contribution in [1.29, 1.82) is 0 Å². The first kappa shape index (κ1) is 14.8. The number of methoxy groups -OCH3 is 1. The molecular weight excluding hydrogens is 328 g/mol. The minimum Gasteiger partial charge on any atom is -0.497 e. The van der Waals surface area contributed by atoms with Gasteiger partial charge in [0.05, 0.1) is 12.7 Å². The molecular formula is C18H13ClN2O3. The summed E-state index contributed by atoms with van der Waals surface area (Å²) in [6.45, 7) is 0. The van der Waals surface area contributed by atoms with Gasteiger partial charge in [-0.2, -0.15) is 4.98 Å². The summed E-state index contributed by atoms with van der Waals surface area (Å²) in [6, 6.07) is 12.7. The second kappa shape index (κ2) is 5.69. The molecule has 0 spiro atoms. The number of benzene rings is 2. The Morgan fingerprint density at radius 3 is 2.96 bits per heavy atom. The lowest BCUT2D eigenvalue weighted by atomic mass is 10.0. The number of hydrogen-bond donors (Lipinski definition) is 1. The Morgan fingerprint density at radius 2 is 2.12 bits per heavy atom. The van der Waals surface area contributed by atoms with Crippen LogP contribution in [0.2, 0.25) is 5.02 Å². The molecule has 0 amide bonds. The molecule has 0 aliphatic carbocycles. The van der Waals surface area contributed by atoms with Gasteiger partial charge in [-0.3, -0.25) is 4.79 Å². The van der Waals surface area contributed by atoms with Crippen molar-refractivity contribution in [3.63, 3.8) is 0 Å². The van der Waals surface area contributed by atoms with Crippen LogP contribution in [0.5, 0.6) is 17.4 Å². The standard InChI is InChI=1S/C18H13ClN2O3/c1-23-13-4-2-3-10(8-13)16-20-17(22)14-9-11-7-12(19)5-6-15(11)24-18(14)21-16/h2-8H,9H2,1H3,(H,20,21,22). The monoisotopic (exact) mass is 340 g/mol. The van der Waals surface area contributed by atoms with Crippen molar-refractivity contribution < 1.29 is 9.47 Å². The van der Waals surface area contributed by atoms with Gasteiger partial charge in [0.25, 0.3) is 5.56 Å². The molecule has 0 fully saturated rings. The van der Waals surface area contributed by atoms with Crippen molar-refractivity contribution >= 4 is 11.6 Å². The first-order valence-corrected chi connectivity index (χ1v) is 7.76. The molecule has 3 aromatic rings. The number of hydrogen-bond acceptors (Lipinski definition) is 4. The Bertz CT molecular complexity index is 998. The third-order valence-electron chi connectivity index (χ3n) is 3.92. The molecule has 0 bridgehead atoms. The fourth-order valence-electron chi connectivity index (χ4n) is 2.70. The maximum Gasteiger partial charge on any atom is 0.258 e. The highest BCUT2D eigenvalue weighted by Gasteiger charge is 2.22. The molecule has 0 atom stereocenters. The lowest BCUT2D eigenvalue weighted by Gasteiger charge is -2.19. The van der Waals surface area contributed by atoms with E-state index in [2.05, 4.69) is 9.97 Å². The molecule has 0 saturated carbocycles. The van der Waals surface area contributed by atoms with Gasteiger partial charge in [0.1, 0.15) is 17.3 Å². The highest BCUT2D eigenvalue weighted by atomic mass is 35.5. The molecule has 0 radical (unpaired) electrons. The number of nitrogens with zero attached hydrogens (tertiary/aromatic N) is 1. The highest BCUT2D eigenvalue weighted by molar-refractivity contribution is 6.30. The van der Waals surface area contributed by atoms with Crippen molar-refractivity contribution in [2.75, 3.05) is 7.11 Å². The third-order valence-corrected chi connectivity index (χ3v) is 4.15. The number of aromatic amines is 1. The van der Waals surface area contributed by atoms with E-state index < -0.39 is 0 Å². The largest absolute Gasteiger partial charge is 0.497 e. The van der Waals surface area contributed by atoms with Crippen LogP contribution in [0.15, 0.2) is 47.3 Å². The molecule has 1 aliphatic heterocycles. The minimum atomic E-state index is -0.219. The summed E-state index contributed by atoms with van der Waals surface area (Å²) < 4.78 is 11.0. The van der Waals surface area contributed by atoms with E-state index in [0.29, 0.717) is 40.2 Å². The Labute approximate surface area is 142 Å². The molecule has 0 unspecified atom stereocenters. The van der Waals surface area contributed by atoms with E-state index in [-0.39, 0.29) is 5.56 Å². The maximum atomic E-state index is 12.5. The summed E-state index contributed by atoms with van der Waals surface area (Å²) in [5.41, 5.74) is 1.90. The zero-order chi connectivity index (χ0) is 16.7. The Hall–Kier alpha value is -2.79. The molecule has 2 aromatic carbocycles. The van der Waals surface area contributed by atoms with Gasteiger partial charge in [0.15, 0.2) is 0 Å². The van der Waals surface area contributed by atoms with E-state index in [1.807, 2.05) is 18.2 Å². The molecule has 0 saturated heterocycles. The normalized spacial score (nSPS) is 12.1. The number of aromatic nitrogens is 2. The van der Waals surface area contributed by atoms with Gasteiger partial charge in [-0.25, -0.2) is 0 Å². The maximum absolute atomic E-state index is 12.5. The second-order valence-electron chi connectivity index (χ2n) is 5.46. The van der Waals surface area contributed by atoms with E-state index in [9.17, 15) is 4.79 Å². The third kappa shape index (κ3) is 2.53. The number of fused-ring (bicyclic) bond motifs is 2. The van der Waals surface area contributed by atoms with Crippen LogP contribution < -0.4 is 15.0 Å². The van der Waals surface area contributed by atoms with Crippen molar-refractivity contribution in [2.45, 2.75) is 6.42 Å². The van der Waals surface area contributed by atoms with Gasteiger partial charge < -0.3 is 14.5 Å². The average molecular weight is 341 g/mol. The SMILES string of the molecule is COc1cccc(-c2nc3c(c(=O)[nH]2)Cc2cc(Cl)ccc2O3)c1. The van der Waals surface area contributed by atoms with Gasteiger partial charge in [-0.15, -0.1) is 0 Å². The number of rotatable bonds is 2.